The van der Waals surface area contributed by atoms with Crippen molar-refractivity contribution in [3.8, 4) is 11.7 Å². The highest BCUT2D eigenvalue weighted by Gasteiger charge is 2.12. The van der Waals surface area contributed by atoms with Crippen LogP contribution < -0.4 is 4.74 Å². The molecule has 24 heavy (non-hydrogen) atoms. The second-order valence-corrected chi connectivity index (χ2v) is 6.41. The van der Waals surface area contributed by atoms with E-state index in [1.165, 1.54) is 4.68 Å². The molecule has 7 nitrogen and oxygen atoms in total. The molecule has 124 valence electrons. The van der Waals surface area contributed by atoms with Crippen molar-refractivity contribution in [2.75, 3.05) is 7.11 Å². The third-order valence-electron chi connectivity index (χ3n) is 3.34. The monoisotopic (exact) mass is 406 g/mol. The minimum Gasteiger partial charge on any atom is -0.496 e. The third-order valence-corrected chi connectivity index (χ3v) is 4.09. The zero-order valence-corrected chi connectivity index (χ0v) is 15.7. The summed E-state index contributed by atoms with van der Waals surface area (Å²) in [6.07, 6.45) is 1.67. The summed E-state index contributed by atoms with van der Waals surface area (Å²) in [7, 11) is 1.62. The average Bonchev–Trinajstić information content (AvgIpc) is 3.07. The van der Waals surface area contributed by atoms with Crippen LogP contribution in [0.5, 0.6) is 5.75 Å². The number of halogens is 1. The van der Waals surface area contributed by atoms with Crippen LogP contribution in [0.25, 0.3) is 5.95 Å². The summed E-state index contributed by atoms with van der Waals surface area (Å²) < 4.78 is 9.87. The lowest BCUT2D eigenvalue weighted by Crippen LogP contribution is -2.07. The number of rotatable bonds is 4. The van der Waals surface area contributed by atoms with Crippen molar-refractivity contribution < 1.29 is 4.74 Å². The molecule has 0 amide bonds. The first kappa shape index (κ1) is 16.6. The van der Waals surface area contributed by atoms with E-state index in [4.69, 9.17) is 17.0 Å². The predicted octanol–water partition coefficient (Wildman–Crippen LogP) is 3.40. The number of aryl methyl sites for hydroxylation is 2. The zero-order valence-electron chi connectivity index (χ0n) is 13.3. The first-order chi connectivity index (χ1) is 11.5. The molecule has 9 heteroatoms. The Kier molecular flexibility index (Phi) is 4.63. The highest BCUT2D eigenvalue weighted by Crippen LogP contribution is 2.21. The van der Waals surface area contributed by atoms with Crippen molar-refractivity contribution in [1.29, 1.82) is 0 Å². The van der Waals surface area contributed by atoms with Crippen molar-refractivity contribution in [3.63, 3.8) is 0 Å². The molecule has 0 unspecified atom stereocenters. The molecular formula is C15H15BrN6OS. The molecule has 1 aromatic carbocycles. The highest BCUT2D eigenvalue weighted by atomic mass is 79.9. The molecular weight excluding hydrogens is 392 g/mol. The Balaban J connectivity index is 2.06. The number of aromatic amines is 1. The molecule has 0 aliphatic heterocycles. The van der Waals surface area contributed by atoms with Gasteiger partial charge in [-0.1, -0.05) is 15.9 Å². The van der Waals surface area contributed by atoms with E-state index in [-0.39, 0.29) is 0 Å². The van der Waals surface area contributed by atoms with Crippen molar-refractivity contribution in [2.45, 2.75) is 13.8 Å². The minimum absolute atomic E-state index is 0.378. The van der Waals surface area contributed by atoms with Crippen LogP contribution in [0.4, 0.5) is 0 Å². The van der Waals surface area contributed by atoms with Gasteiger partial charge < -0.3 is 4.74 Å². The molecule has 2 heterocycles. The van der Waals surface area contributed by atoms with Crippen molar-refractivity contribution in [3.05, 3.63) is 50.5 Å². The van der Waals surface area contributed by atoms with E-state index in [0.29, 0.717) is 16.5 Å². The standard InChI is InChI=1S/C15H15BrN6OS/c1-9-6-10(2)21(20-9)14-18-19-15(24)22(14)17-8-11-7-12(16)4-5-13(11)23-3/h4-8H,1-3H3,(H,19,24)/b17-8-. The second kappa shape index (κ2) is 6.70. The summed E-state index contributed by atoms with van der Waals surface area (Å²) in [6.45, 7) is 3.87. The van der Waals surface area contributed by atoms with Crippen LogP contribution in [0.15, 0.2) is 33.8 Å². The molecule has 1 N–H and O–H groups in total. The third kappa shape index (κ3) is 3.17. The minimum atomic E-state index is 0.378. The van der Waals surface area contributed by atoms with E-state index in [2.05, 4.69) is 36.3 Å². The molecule has 0 fully saturated rings. The maximum Gasteiger partial charge on any atom is 0.271 e. The molecule has 0 saturated carbocycles. The average molecular weight is 407 g/mol. The fraction of sp³-hybridized carbons (Fsp3) is 0.200. The second-order valence-electron chi connectivity index (χ2n) is 5.11. The van der Waals surface area contributed by atoms with Gasteiger partial charge in [0.25, 0.3) is 5.95 Å². The van der Waals surface area contributed by atoms with Gasteiger partial charge in [0.05, 0.1) is 19.0 Å². The van der Waals surface area contributed by atoms with E-state index in [9.17, 15) is 0 Å². The summed E-state index contributed by atoms with van der Waals surface area (Å²) in [4.78, 5) is 0. The van der Waals surface area contributed by atoms with Gasteiger partial charge in [0.15, 0.2) is 0 Å². The Labute approximate surface area is 152 Å². The Hall–Kier alpha value is -2.26. The van der Waals surface area contributed by atoms with Gasteiger partial charge in [0.2, 0.25) is 4.77 Å². The van der Waals surface area contributed by atoms with E-state index >= 15 is 0 Å². The van der Waals surface area contributed by atoms with Gasteiger partial charge in [-0.15, -0.1) is 5.10 Å². The summed E-state index contributed by atoms with van der Waals surface area (Å²) in [5.41, 5.74) is 2.65. The molecule has 0 bridgehead atoms. The summed E-state index contributed by atoms with van der Waals surface area (Å²) >= 11 is 8.72. The maximum atomic E-state index is 5.35. The first-order valence-electron chi connectivity index (χ1n) is 7.08. The van der Waals surface area contributed by atoms with Gasteiger partial charge in [-0.05, 0) is 50.3 Å². The molecule has 0 atom stereocenters. The zero-order chi connectivity index (χ0) is 17.3. The summed E-state index contributed by atoms with van der Waals surface area (Å²) in [5.74, 6) is 1.21. The number of H-pyrrole nitrogens is 1. The van der Waals surface area contributed by atoms with Crippen LogP contribution in [0.2, 0.25) is 0 Å². The van der Waals surface area contributed by atoms with Gasteiger partial charge >= 0.3 is 0 Å². The van der Waals surface area contributed by atoms with Crippen LogP contribution in [0, 0.1) is 18.6 Å². The molecule has 0 spiro atoms. The normalized spacial score (nSPS) is 11.3. The summed E-state index contributed by atoms with van der Waals surface area (Å²) in [5, 5.41) is 15.8. The lowest BCUT2D eigenvalue weighted by atomic mass is 10.2. The number of nitrogens with zero attached hydrogens (tertiary/aromatic N) is 5. The SMILES string of the molecule is COc1ccc(Br)cc1/C=N\n1c(-n2nc(C)cc2C)n[nH]c1=S. The largest absolute Gasteiger partial charge is 0.496 e. The fourth-order valence-corrected chi connectivity index (χ4v) is 2.84. The number of hydrogen-bond acceptors (Lipinski definition) is 5. The Morgan fingerprint density at radius 3 is 2.79 bits per heavy atom. The topological polar surface area (TPSA) is 73.0 Å². The van der Waals surface area contributed by atoms with Gasteiger partial charge in [-0.3, -0.25) is 0 Å². The van der Waals surface area contributed by atoms with Crippen LogP contribution >= 0.6 is 28.1 Å². The Bertz CT molecular complexity index is 971. The number of benzene rings is 1. The maximum absolute atomic E-state index is 5.35. The van der Waals surface area contributed by atoms with E-state index in [0.717, 1.165) is 21.4 Å². The van der Waals surface area contributed by atoms with Gasteiger partial charge in [0.1, 0.15) is 5.75 Å². The van der Waals surface area contributed by atoms with E-state index < -0.39 is 0 Å². The lowest BCUT2D eigenvalue weighted by molar-refractivity contribution is 0.414. The Morgan fingerprint density at radius 2 is 2.12 bits per heavy atom. The van der Waals surface area contributed by atoms with E-state index in [1.54, 1.807) is 18.0 Å². The van der Waals surface area contributed by atoms with Crippen molar-refractivity contribution in [1.82, 2.24) is 24.7 Å². The molecule has 0 aliphatic rings. The van der Waals surface area contributed by atoms with Crippen molar-refractivity contribution >= 4 is 34.4 Å². The van der Waals surface area contributed by atoms with Gasteiger partial charge in [-0.25, -0.2) is 9.78 Å². The number of ether oxygens (including phenoxy) is 1. The highest BCUT2D eigenvalue weighted by molar-refractivity contribution is 9.10. The lowest BCUT2D eigenvalue weighted by Gasteiger charge is -2.05. The number of aromatic nitrogens is 5. The summed E-state index contributed by atoms with van der Waals surface area (Å²) in [6, 6.07) is 7.64. The molecule has 0 radical (unpaired) electrons. The quantitative estimate of drug-likeness (QED) is 0.532. The molecule has 0 aliphatic carbocycles. The van der Waals surface area contributed by atoms with Crippen molar-refractivity contribution in [2.24, 2.45) is 5.10 Å². The fourth-order valence-electron chi connectivity index (χ4n) is 2.28. The van der Waals surface area contributed by atoms with Crippen LogP contribution in [0.1, 0.15) is 17.0 Å². The molecule has 3 rings (SSSR count). The number of nitrogens with one attached hydrogen (secondary N) is 1. The van der Waals surface area contributed by atoms with E-state index in [1.807, 2.05) is 38.1 Å². The molecule has 2 aromatic heterocycles. The van der Waals surface area contributed by atoms with Crippen LogP contribution in [-0.2, 0) is 0 Å². The molecule has 0 saturated heterocycles. The smallest absolute Gasteiger partial charge is 0.271 e. The molecule has 3 aromatic rings. The van der Waals surface area contributed by atoms with Crippen LogP contribution in [0.3, 0.4) is 0 Å². The van der Waals surface area contributed by atoms with Crippen LogP contribution in [-0.4, -0.2) is 38.0 Å². The number of hydrogen-bond donors (Lipinski definition) is 1. The number of methoxy groups -OCH3 is 1. The van der Waals surface area contributed by atoms with Gasteiger partial charge in [-0.2, -0.15) is 14.9 Å². The first-order valence-corrected chi connectivity index (χ1v) is 8.28. The van der Waals surface area contributed by atoms with Gasteiger partial charge in [0, 0.05) is 15.7 Å². The predicted molar refractivity (Wildman–Crippen MR) is 97.7 cm³/mol. The Morgan fingerprint density at radius 1 is 1.33 bits per heavy atom.